The molecule has 2 aromatic rings. The zero-order valence-corrected chi connectivity index (χ0v) is 19.8. The van der Waals surface area contributed by atoms with Gasteiger partial charge in [0.2, 0.25) is 5.91 Å². The molecule has 0 aromatic carbocycles. The third kappa shape index (κ3) is 3.04. The highest BCUT2D eigenvalue weighted by Gasteiger charge is 2.73. The molecule has 33 heavy (non-hydrogen) atoms. The van der Waals surface area contributed by atoms with Crippen molar-refractivity contribution in [2.75, 3.05) is 5.32 Å². The van der Waals surface area contributed by atoms with Crippen molar-refractivity contribution in [3.63, 3.8) is 0 Å². The number of halogens is 3. The van der Waals surface area contributed by atoms with Crippen LogP contribution < -0.4 is 5.32 Å². The first-order valence-electron chi connectivity index (χ1n) is 11.0. The normalized spacial score (nSPS) is 29.3. The molecule has 2 fully saturated rings. The van der Waals surface area contributed by atoms with Crippen molar-refractivity contribution in [2.24, 2.45) is 16.7 Å². The molecule has 5 rings (SSSR count). The van der Waals surface area contributed by atoms with Gasteiger partial charge in [0.25, 0.3) is 0 Å². The first-order chi connectivity index (χ1) is 15.5. The molecular formula is C24H24Cl2FN3O3. The largest absolute Gasteiger partial charge is 0.481 e. The van der Waals surface area contributed by atoms with Crippen LogP contribution in [-0.4, -0.2) is 27.0 Å². The molecule has 3 heterocycles. The lowest BCUT2D eigenvalue weighted by molar-refractivity contribution is -0.142. The number of carboxylic acid groups (broad SMARTS) is 1. The number of nitrogens with one attached hydrogen (secondary N) is 1. The van der Waals surface area contributed by atoms with Crippen molar-refractivity contribution in [1.82, 2.24) is 9.97 Å². The van der Waals surface area contributed by atoms with Crippen molar-refractivity contribution in [3.8, 4) is 0 Å². The van der Waals surface area contributed by atoms with Crippen molar-refractivity contribution < 1.29 is 19.1 Å². The summed E-state index contributed by atoms with van der Waals surface area (Å²) in [7, 11) is 0. The highest BCUT2D eigenvalue weighted by Crippen LogP contribution is 2.72. The third-order valence-corrected chi connectivity index (χ3v) is 8.76. The maximum atomic E-state index is 15.4. The SMILES string of the molecule is CC1(C)CCC2(CC1)C[C@@H](C(=O)O)[C@H](c1ccnc(Cl)c1F)[C@]21C(=O)Nc2nc(Cl)ccc21. The molecule has 2 spiro atoms. The summed E-state index contributed by atoms with van der Waals surface area (Å²) in [6.07, 6.45) is 4.58. The molecule has 1 aliphatic heterocycles. The fraction of sp³-hybridized carbons (Fsp3) is 0.500. The van der Waals surface area contributed by atoms with Crippen LogP contribution in [0.5, 0.6) is 0 Å². The van der Waals surface area contributed by atoms with Crippen molar-refractivity contribution >= 4 is 40.9 Å². The smallest absolute Gasteiger partial charge is 0.307 e. The highest BCUT2D eigenvalue weighted by atomic mass is 35.5. The van der Waals surface area contributed by atoms with E-state index in [0.29, 0.717) is 24.2 Å². The predicted molar refractivity (Wildman–Crippen MR) is 122 cm³/mol. The van der Waals surface area contributed by atoms with E-state index in [1.54, 1.807) is 12.1 Å². The first-order valence-corrected chi connectivity index (χ1v) is 11.8. The van der Waals surface area contributed by atoms with Gasteiger partial charge in [-0.15, -0.1) is 0 Å². The van der Waals surface area contributed by atoms with E-state index in [0.717, 1.165) is 12.8 Å². The van der Waals surface area contributed by atoms with Gasteiger partial charge in [0, 0.05) is 17.7 Å². The highest BCUT2D eigenvalue weighted by molar-refractivity contribution is 6.30. The number of carbonyl (C=O) groups is 2. The second-order valence-corrected chi connectivity index (χ2v) is 11.1. The third-order valence-electron chi connectivity index (χ3n) is 8.28. The molecule has 0 bridgehead atoms. The van der Waals surface area contributed by atoms with Gasteiger partial charge in [-0.25, -0.2) is 14.4 Å². The monoisotopic (exact) mass is 491 g/mol. The van der Waals surface area contributed by atoms with Crippen LogP contribution in [0, 0.1) is 22.6 Å². The summed E-state index contributed by atoms with van der Waals surface area (Å²) < 4.78 is 15.4. The molecule has 2 saturated carbocycles. The number of hydrogen-bond donors (Lipinski definition) is 2. The van der Waals surface area contributed by atoms with Crippen LogP contribution in [0.1, 0.15) is 63.0 Å². The van der Waals surface area contributed by atoms with E-state index in [1.165, 1.54) is 12.3 Å². The van der Waals surface area contributed by atoms with Crippen LogP contribution in [0.2, 0.25) is 10.3 Å². The van der Waals surface area contributed by atoms with Crippen LogP contribution in [0.4, 0.5) is 10.2 Å². The molecule has 1 amide bonds. The zero-order valence-electron chi connectivity index (χ0n) is 18.3. The number of rotatable bonds is 2. The molecule has 6 nitrogen and oxygen atoms in total. The number of amides is 1. The van der Waals surface area contributed by atoms with E-state index in [9.17, 15) is 14.7 Å². The minimum Gasteiger partial charge on any atom is -0.481 e. The Morgan fingerprint density at radius 2 is 1.88 bits per heavy atom. The van der Waals surface area contributed by atoms with Gasteiger partial charge in [-0.2, -0.15) is 0 Å². The topological polar surface area (TPSA) is 92.2 Å². The Hall–Kier alpha value is -2.25. The summed E-state index contributed by atoms with van der Waals surface area (Å²) in [5, 5.41) is 13.0. The number of aliphatic carboxylic acids is 1. The van der Waals surface area contributed by atoms with Gasteiger partial charge in [0.05, 0.1) is 11.3 Å². The van der Waals surface area contributed by atoms with E-state index in [2.05, 4.69) is 29.1 Å². The summed E-state index contributed by atoms with van der Waals surface area (Å²) in [5.41, 5.74) is -1.24. The number of carbonyl (C=O) groups excluding carboxylic acids is 1. The fourth-order valence-electron chi connectivity index (χ4n) is 6.70. The summed E-state index contributed by atoms with van der Waals surface area (Å²) in [4.78, 5) is 34.7. The Morgan fingerprint density at radius 1 is 1.18 bits per heavy atom. The quantitative estimate of drug-likeness (QED) is 0.534. The average molecular weight is 492 g/mol. The second-order valence-electron chi connectivity index (χ2n) is 10.4. The zero-order chi connectivity index (χ0) is 23.8. The molecule has 3 atom stereocenters. The van der Waals surface area contributed by atoms with E-state index >= 15 is 4.39 Å². The number of nitrogens with zero attached hydrogens (tertiary/aromatic N) is 2. The van der Waals surface area contributed by atoms with Crippen LogP contribution >= 0.6 is 23.2 Å². The van der Waals surface area contributed by atoms with Gasteiger partial charge >= 0.3 is 5.97 Å². The standard InChI is InChI=1S/C24H24Cl2FN3O3/c1-22(2)6-8-23(9-7-22)11-13(20(31)32)16(12-5-10-28-18(26)17(12)27)24(23)14-3-4-15(25)29-19(14)30-21(24)33/h3-5,10,13,16H,6-9,11H2,1-2H3,(H,31,32)(H,29,30,33)/t13-,16+,24-/m1/s1. The average Bonchev–Trinajstić information content (AvgIpc) is 3.20. The maximum absolute atomic E-state index is 15.4. The van der Waals surface area contributed by atoms with Crippen LogP contribution in [0.3, 0.4) is 0 Å². The van der Waals surface area contributed by atoms with E-state index in [1.807, 2.05) is 0 Å². The van der Waals surface area contributed by atoms with Crippen molar-refractivity contribution in [1.29, 1.82) is 0 Å². The molecular weight excluding hydrogens is 468 g/mol. The number of aromatic nitrogens is 2. The molecule has 2 aliphatic carbocycles. The van der Waals surface area contributed by atoms with Gasteiger partial charge in [-0.1, -0.05) is 43.1 Å². The number of pyridine rings is 2. The van der Waals surface area contributed by atoms with Crippen LogP contribution in [0.25, 0.3) is 0 Å². The van der Waals surface area contributed by atoms with Crippen molar-refractivity contribution in [2.45, 2.75) is 57.3 Å². The Bertz CT molecular complexity index is 1180. The van der Waals surface area contributed by atoms with Gasteiger partial charge in [0.1, 0.15) is 11.0 Å². The molecule has 0 saturated heterocycles. The van der Waals surface area contributed by atoms with Crippen LogP contribution in [-0.2, 0) is 15.0 Å². The number of fused-ring (bicyclic) bond motifs is 3. The van der Waals surface area contributed by atoms with E-state index < -0.39 is 34.5 Å². The Morgan fingerprint density at radius 3 is 2.55 bits per heavy atom. The minimum atomic E-state index is -1.31. The van der Waals surface area contributed by atoms with E-state index in [-0.39, 0.29) is 33.6 Å². The summed E-state index contributed by atoms with van der Waals surface area (Å²) in [6.45, 7) is 4.36. The van der Waals surface area contributed by atoms with E-state index in [4.69, 9.17) is 23.2 Å². The lowest BCUT2D eigenvalue weighted by Crippen LogP contribution is -2.52. The molecule has 3 aliphatic rings. The number of anilines is 1. The minimum absolute atomic E-state index is 0.0740. The van der Waals surface area contributed by atoms with Gasteiger partial charge in [0.15, 0.2) is 11.0 Å². The van der Waals surface area contributed by atoms with Crippen LogP contribution in [0.15, 0.2) is 24.4 Å². The molecule has 0 unspecified atom stereocenters. The van der Waals surface area contributed by atoms with Gasteiger partial charge in [-0.3, -0.25) is 9.59 Å². The summed E-state index contributed by atoms with van der Waals surface area (Å²) in [6, 6.07) is 4.79. The fourth-order valence-corrected chi connectivity index (χ4v) is 7.01. The Kier molecular flexibility index (Phi) is 5.04. The summed E-state index contributed by atoms with van der Waals surface area (Å²) >= 11 is 12.1. The maximum Gasteiger partial charge on any atom is 0.307 e. The van der Waals surface area contributed by atoms with Gasteiger partial charge < -0.3 is 10.4 Å². The first kappa shape index (κ1) is 22.5. The van der Waals surface area contributed by atoms with Crippen molar-refractivity contribution in [3.05, 3.63) is 51.6 Å². The lowest BCUT2D eigenvalue weighted by atomic mass is 9.51. The molecule has 0 radical (unpaired) electrons. The molecule has 9 heteroatoms. The second kappa shape index (κ2) is 7.37. The molecule has 2 N–H and O–H groups in total. The lowest BCUT2D eigenvalue weighted by Gasteiger charge is -2.50. The number of hydrogen-bond acceptors (Lipinski definition) is 4. The summed E-state index contributed by atoms with van der Waals surface area (Å²) in [5.74, 6) is -3.84. The molecule has 2 aromatic heterocycles. The molecule has 174 valence electrons. The Balaban J connectivity index is 1.83. The van der Waals surface area contributed by atoms with Gasteiger partial charge in [-0.05, 0) is 60.6 Å². The predicted octanol–water partition coefficient (Wildman–Crippen LogP) is 5.59. The number of carboxylic acids is 1. The Labute approximate surface area is 200 Å².